The number of rotatable bonds is 2. The molecule has 1 amide bonds. The summed E-state index contributed by atoms with van der Waals surface area (Å²) in [6.07, 6.45) is 2.16. The van der Waals surface area contributed by atoms with Gasteiger partial charge >= 0.3 is 0 Å². The fraction of sp³-hybridized carbons (Fsp3) is 0.500. The highest BCUT2D eigenvalue weighted by Gasteiger charge is 2.28. The highest BCUT2D eigenvalue weighted by Crippen LogP contribution is 2.39. The van der Waals surface area contributed by atoms with Crippen LogP contribution in [0.1, 0.15) is 19.8 Å². The molecule has 0 spiro atoms. The zero-order chi connectivity index (χ0) is 14.1. The van der Waals surface area contributed by atoms with E-state index in [1.165, 1.54) is 0 Å². The summed E-state index contributed by atoms with van der Waals surface area (Å²) >= 11 is 6.16. The van der Waals surface area contributed by atoms with Gasteiger partial charge in [-0.05, 0) is 25.3 Å². The molecule has 0 radical (unpaired) electrons. The first kappa shape index (κ1) is 13.5. The Balaban J connectivity index is 1.75. The first-order valence-corrected chi connectivity index (χ1v) is 7.16. The maximum absolute atomic E-state index is 12.3. The Bertz CT molecular complexity index is 535. The van der Waals surface area contributed by atoms with Crippen LogP contribution in [-0.2, 0) is 4.79 Å². The van der Waals surface area contributed by atoms with E-state index in [2.05, 4.69) is 17.6 Å². The second-order valence-electron chi connectivity index (χ2n) is 5.23. The maximum Gasteiger partial charge on any atom is 0.241 e. The Kier molecular flexibility index (Phi) is 3.72. The Labute approximate surface area is 122 Å². The quantitative estimate of drug-likeness (QED) is 0.880. The molecule has 6 heteroatoms. The third-order valence-electron chi connectivity index (χ3n) is 3.77. The lowest BCUT2D eigenvalue weighted by molar-refractivity contribution is -0.119. The molecule has 1 aromatic carbocycles. The third-order valence-corrected chi connectivity index (χ3v) is 4.08. The molecular formula is C14H17ClN2O3. The molecule has 2 N–H and O–H groups in total. The van der Waals surface area contributed by atoms with Crippen molar-refractivity contribution in [3.05, 3.63) is 17.2 Å². The molecule has 20 heavy (non-hydrogen) atoms. The topological polar surface area (TPSA) is 59.6 Å². The number of fused-ring (bicyclic) bond motifs is 1. The second kappa shape index (κ2) is 5.50. The molecule has 1 aromatic rings. The average Bonchev–Trinajstić information content (AvgIpc) is 2.86. The molecule has 3 rings (SSSR count). The molecule has 0 aromatic heterocycles. The number of piperidine rings is 1. The van der Waals surface area contributed by atoms with Gasteiger partial charge in [-0.2, -0.15) is 0 Å². The van der Waals surface area contributed by atoms with Crippen LogP contribution in [-0.4, -0.2) is 25.3 Å². The van der Waals surface area contributed by atoms with Gasteiger partial charge in [0, 0.05) is 12.1 Å². The van der Waals surface area contributed by atoms with Crippen LogP contribution in [0.2, 0.25) is 5.02 Å². The fourth-order valence-electron chi connectivity index (χ4n) is 2.62. The van der Waals surface area contributed by atoms with E-state index in [0.29, 0.717) is 28.1 Å². The van der Waals surface area contributed by atoms with E-state index in [9.17, 15) is 4.79 Å². The predicted octanol–water partition coefficient (Wildman–Crippen LogP) is 2.40. The zero-order valence-corrected chi connectivity index (χ0v) is 12.0. The van der Waals surface area contributed by atoms with E-state index in [4.69, 9.17) is 21.1 Å². The van der Waals surface area contributed by atoms with Gasteiger partial charge in [0.2, 0.25) is 12.7 Å². The fourth-order valence-corrected chi connectivity index (χ4v) is 2.82. The molecule has 2 aliphatic heterocycles. The molecule has 1 fully saturated rings. The van der Waals surface area contributed by atoms with Gasteiger partial charge in [-0.15, -0.1) is 0 Å². The Morgan fingerprint density at radius 1 is 1.40 bits per heavy atom. The average molecular weight is 297 g/mol. The van der Waals surface area contributed by atoms with E-state index in [1.807, 2.05) is 0 Å². The Morgan fingerprint density at radius 2 is 2.15 bits per heavy atom. The van der Waals surface area contributed by atoms with E-state index in [1.54, 1.807) is 12.1 Å². The number of benzene rings is 1. The van der Waals surface area contributed by atoms with Crippen molar-refractivity contribution in [2.45, 2.75) is 25.8 Å². The number of halogens is 1. The second-order valence-corrected chi connectivity index (χ2v) is 5.63. The zero-order valence-electron chi connectivity index (χ0n) is 11.2. The number of anilines is 1. The van der Waals surface area contributed by atoms with Crippen LogP contribution in [0.3, 0.4) is 0 Å². The normalized spacial score (nSPS) is 24.5. The number of ether oxygens (including phenoxy) is 2. The molecule has 0 saturated carbocycles. The lowest BCUT2D eigenvalue weighted by Crippen LogP contribution is -2.48. The summed E-state index contributed by atoms with van der Waals surface area (Å²) < 4.78 is 10.5. The molecular weight excluding hydrogens is 280 g/mol. The molecule has 5 nitrogen and oxygen atoms in total. The lowest BCUT2D eigenvalue weighted by atomic mass is 9.92. The first-order valence-electron chi connectivity index (χ1n) is 6.78. The number of carbonyl (C=O) groups excluding carboxylic acids is 1. The molecule has 108 valence electrons. The van der Waals surface area contributed by atoms with E-state index < -0.39 is 0 Å². The summed E-state index contributed by atoms with van der Waals surface area (Å²) in [4.78, 5) is 12.3. The van der Waals surface area contributed by atoms with Crippen molar-refractivity contribution >= 4 is 23.2 Å². The summed E-state index contributed by atoms with van der Waals surface area (Å²) in [6.45, 7) is 3.14. The maximum atomic E-state index is 12.3. The Hall–Kier alpha value is -1.46. The van der Waals surface area contributed by atoms with Gasteiger partial charge in [-0.25, -0.2) is 0 Å². The largest absolute Gasteiger partial charge is 0.454 e. The standard InChI is InChI=1S/C14H17ClN2O3/c1-8-3-2-4-16-13(8)14(18)17-10-6-12-11(5-9(10)15)19-7-20-12/h5-6,8,13,16H,2-4,7H2,1H3,(H,17,18). The van der Waals surface area contributed by atoms with Crippen LogP contribution >= 0.6 is 11.6 Å². The molecule has 2 unspecified atom stereocenters. The number of amides is 1. The molecule has 1 saturated heterocycles. The van der Waals surface area contributed by atoms with Crippen molar-refractivity contribution < 1.29 is 14.3 Å². The third kappa shape index (κ3) is 2.55. The molecule has 2 atom stereocenters. The lowest BCUT2D eigenvalue weighted by Gasteiger charge is -2.29. The minimum absolute atomic E-state index is 0.0574. The molecule has 2 aliphatic rings. The summed E-state index contributed by atoms with van der Waals surface area (Å²) in [7, 11) is 0. The van der Waals surface area contributed by atoms with Crippen molar-refractivity contribution in [1.29, 1.82) is 0 Å². The molecule has 2 heterocycles. The van der Waals surface area contributed by atoms with E-state index in [-0.39, 0.29) is 18.7 Å². The molecule has 0 aliphatic carbocycles. The summed E-state index contributed by atoms with van der Waals surface area (Å²) in [5.74, 6) is 1.47. The van der Waals surface area contributed by atoms with Crippen LogP contribution in [0.25, 0.3) is 0 Å². The van der Waals surface area contributed by atoms with E-state index >= 15 is 0 Å². The van der Waals surface area contributed by atoms with Crippen molar-refractivity contribution in [2.24, 2.45) is 5.92 Å². The van der Waals surface area contributed by atoms with Gasteiger partial charge < -0.3 is 20.1 Å². The number of nitrogens with one attached hydrogen (secondary N) is 2. The van der Waals surface area contributed by atoms with Gasteiger partial charge in [-0.3, -0.25) is 4.79 Å². The smallest absolute Gasteiger partial charge is 0.241 e. The van der Waals surface area contributed by atoms with Gasteiger partial charge in [-0.1, -0.05) is 18.5 Å². The van der Waals surface area contributed by atoms with E-state index in [0.717, 1.165) is 19.4 Å². The minimum atomic E-state index is -0.176. The molecule has 0 bridgehead atoms. The van der Waals surface area contributed by atoms with Crippen molar-refractivity contribution in [3.63, 3.8) is 0 Å². The van der Waals surface area contributed by atoms with Crippen LogP contribution in [0.5, 0.6) is 11.5 Å². The van der Waals surface area contributed by atoms with Gasteiger partial charge in [0.25, 0.3) is 0 Å². The Morgan fingerprint density at radius 3 is 2.90 bits per heavy atom. The number of hydrogen-bond donors (Lipinski definition) is 2. The van der Waals surface area contributed by atoms with Gasteiger partial charge in [0.1, 0.15) is 0 Å². The highest BCUT2D eigenvalue weighted by atomic mass is 35.5. The van der Waals surface area contributed by atoms with Crippen molar-refractivity contribution in [1.82, 2.24) is 5.32 Å². The minimum Gasteiger partial charge on any atom is -0.454 e. The van der Waals surface area contributed by atoms with Crippen LogP contribution in [0.15, 0.2) is 12.1 Å². The first-order chi connectivity index (χ1) is 9.65. The van der Waals surface area contributed by atoms with Crippen molar-refractivity contribution in [3.8, 4) is 11.5 Å². The van der Waals surface area contributed by atoms with Gasteiger partial charge in [0.15, 0.2) is 11.5 Å². The van der Waals surface area contributed by atoms with Gasteiger partial charge in [0.05, 0.1) is 16.8 Å². The van der Waals surface area contributed by atoms with Crippen LogP contribution in [0, 0.1) is 5.92 Å². The summed E-state index contributed by atoms with van der Waals surface area (Å²) in [5.41, 5.74) is 0.556. The number of carbonyl (C=O) groups is 1. The summed E-state index contributed by atoms with van der Waals surface area (Å²) in [6, 6.07) is 3.19. The predicted molar refractivity (Wildman–Crippen MR) is 76.4 cm³/mol. The van der Waals surface area contributed by atoms with Crippen molar-refractivity contribution in [2.75, 3.05) is 18.7 Å². The monoisotopic (exact) mass is 296 g/mol. The summed E-state index contributed by atoms with van der Waals surface area (Å²) in [5, 5.41) is 6.57. The number of hydrogen-bond acceptors (Lipinski definition) is 4. The highest BCUT2D eigenvalue weighted by molar-refractivity contribution is 6.34. The van der Waals surface area contributed by atoms with Crippen LogP contribution in [0.4, 0.5) is 5.69 Å². The SMILES string of the molecule is CC1CCCNC1C(=O)Nc1cc2c(cc1Cl)OCO2. The van der Waals surface area contributed by atoms with Crippen LogP contribution < -0.4 is 20.1 Å².